The summed E-state index contributed by atoms with van der Waals surface area (Å²) in [7, 11) is -4.12. The summed E-state index contributed by atoms with van der Waals surface area (Å²) in [5.74, 6) is -0.852. The molecule has 0 saturated heterocycles. The third-order valence-electron chi connectivity index (χ3n) is 5.87. The van der Waals surface area contributed by atoms with Crippen LogP contribution in [0.4, 0.5) is 5.69 Å². The number of amides is 2. The van der Waals surface area contributed by atoms with Crippen molar-refractivity contribution in [3.63, 3.8) is 0 Å². The summed E-state index contributed by atoms with van der Waals surface area (Å²) in [6, 6.07) is 19.1. The molecule has 1 unspecified atom stereocenters. The van der Waals surface area contributed by atoms with Crippen LogP contribution in [0.3, 0.4) is 0 Å². The van der Waals surface area contributed by atoms with E-state index in [2.05, 4.69) is 21.2 Å². The Morgan fingerprint density at radius 2 is 1.50 bits per heavy atom. The molecule has 2 amide bonds. The number of halogens is 2. The fourth-order valence-corrected chi connectivity index (χ4v) is 5.55. The van der Waals surface area contributed by atoms with Gasteiger partial charge in [0.1, 0.15) is 12.6 Å². The van der Waals surface area contributed by atoms with Crippen molar-refractivity contribution in [3.05, 3.63) is 93.4 Å². The van der Waals surface area contributed by atoms with Gasteiger partial charge in [0.25, 0.3) is 10.0 Å². The Labute approximate surface area is 238 Å². The molecule has 0 bridgehead atoms. The molecule has 7 nitrogen and oxygen atoms in total. The topological polar surface area (TPSA) is 86.8 Å². The van der Waals surface area contributed by atoms with Crippen molar-refractivity contribution < 1.29 is 18.0 Å². The predicted molar refractivity (Wildman–Crippen MR) is 155 cm³/mol. The summed E-state index contributed by atoms with van der Waals surface area (Å²) in [6.07, 6.45) is 0. The fourth-order valence-electron chi connectivity index (χ4n) is 3.75. The van der Waals surface area contributed by atoms with Crippen LogP contribution >= 0.6 is 27.5 Å². The number of aryl methyl sites for hydroxylation is 1. The number of carbonyl (C=O) groups excluding carboxylic acids is 2. The fraction of sp³-hybridized carbons (Fsp3) is 0.286. The lowest BCUT2D eigenvalue weighted by atomic mass is 10.1. The average Bonchev–Trinajstić information content (AvgIpc) is 2.87. The zero-order chi connectivity index (χ0) is 28.0. The zero-order valence-electron chi connectivity index (χ0n) is 21.7. The Bertz CT molecular complexity index is 1360. The molecular formula is C28H31BrClN3O4S. The van der Waals surface area contributed by atoms with Gasteiger partial charge in [0.2, 0.25) is 11.8 Å². The highest BCUT2D eigenvalue weighted by Crippen LogP contribution is 2.26. The summed E-state index contributed by atoms with van der Waals surface area (Å²) in [5, 5.41) is 3.27. The quantitative estimate of drug-likeness (QED) is 0.322. The van der Waals surface area contributed by atoms with Crippen molar-refractivity contribution in [2.45, 2.75) is 51.2 Å². The first-order valence-electron chi connectivity index (χ1n) is 12.1. The molecule has 38 heavy (non-hydrogen) atoms. The predicted octanol–water partition coefficient (Wildman–Crippen LogP) is 5.55. The molecule has 3 rings (SSSR count). The molecule has 0 aliphatic heterocycles. The molecule has 0 aromatic heterocycles. The number of nitrogens with one attached hydrogen (secondary N) is 1. The van der Waals surface area contributed by atoms with Crippen LogP contribution in [0.15, 0.2) is 82.2 Å². The molecule has 3 aromatic carbocycles. The molecule has 10 heteroatoms. The smallest absolute Gasteiger partial charge is 0.264 e. The molecule has 0 heterocycles. The number of carbonyl (C=O) groups is 2. The number of benzene rings is 3. The van der Waals surface area contributed by atoms with E-state index in [9.17, 15) is 18.0 Å². The van der Waals surface area contributed by atoms with Gasteiger partial charge in [0, 0.05) is 22.1 Å². The molecule has 1 N–H and O–H groups in total. The summed E-state index contributed by atoms with van der Waals surface area (Å²) in [6.45, 7) is 6.78. The monoisotopic (exact) mass is 619 g/mol. The molecule has 0 saturated carbocycles. The number of anilines is 1. The first-order chi connectivity index (χ1) is 17.9. The molecule has 3 aromatic rings. The van der Waals surface area contributed by atoms with Crippen molar-refractivity contribution in [3.8, 4) is 0 Å². The maximum Gasteiger partial charge on any atom is 0.264 e. The second kappa shape index (κ2) is 12.8. The van der Waals surface area contributed by atoms with Gasteiger partial charge in [-0.25, -0.2) is 8.42 Å². The van der Waals surface area contributed by atoms with Crippen molar-refractivity contribution in [2.75, 3.05) is 10.8 Å². The van der Waals surface area contributed by atoms with E-state index in [1.807, 2.05) is 45.0 Å². The van der Waals surface area contributed by atoms with Crippen LogP contribution in [-0.4, -0.2) is 43.8 Å². The van der Waals surface area contributed by atoms with E-state index in [4.69, 9.17) is 11.6 Å². The van der Waals surface area contributed by atoms with Crippen molar-refractivity contribution >= 4 is 55.1 Å². The van der Waals surface area contributed by atoms with E-state index in [1.165, 1.54) is 17.0 Å². The lowest BCUT2D eigenvalue weighted by Crippen LogP contribution is -2.52. The van der Waals surface area contributed by atoms with E-state index in [0.29, 0.717) is 5.02 Å². The molecule has 202 valence electrons. The largest absolute Gasteiger partial charge is 0.352 e. The Hall–Kier alpha value is -2.88. The molecule has 1 atom stereocenters. The van der Waals surface area contributed by atoms with E-state index >= 15 is 0 Å². The number of rotatable bonds is 10. The van der Waals surface area contributed by atoms with Crippen LogP contribution in [0.5, 0.6) is 0 Å². The lowest BCUT2D eigenvalue weighted by molar-refractivity contribution is -0.139. The Morgan fingerprint density at radius 1 is 0.921 bits per heavy atom. The van der Waals surface area contributed by atoms with Crippen LogP contribution in [0, 0.1) is 6.92 Å². The molecule has 0 aliphatic rings. The summed E-state index contributed by atoms with van der Waals surface area (Å²) < 4.78 is 29.5. The first-order valence-corrected chi connectivity index (χ1v) is 14.7. The highest BCUT2D eigenvalue weighted by Gasteiger charge is 2.32. The van der Waals surface area contributed by atoms with Gasteiger partial charge in [0.15, 0.2) is 0 Å². The summed E-state index contributed by atoms with van der Waals surface area (Å²) in [4.78, 5) is 28.2. The van der Waals surface area contributed by atoms with Crippen molar-refractivity contribution in [2.24, 2.45) is 0 Å². The van der Waals surface area contributed by atoms with Crippen LogP contribution in [-0.2, 0) is 26.2 Å². The third-order valence-corrected chi connectivity index (χ3v) is 8.44. The Balaban J connectivity index is 2.02. The van der Waals surface area contributed by atoms with Crippen molar-refractivity contribution in [1.29, 1.82) is 0 Å². The highest BCUT2D eigenvalue weighted by atomic mass is 79.9. The van der Waals surface area contributed by atoms with Crippen LogP contribution in [0.25, 0.3) is 0 Å². The van der Waals surface area contributed by atoms with Gasteiger partial charge < -0.3 is 10.2 Å². The van der Waals surface area contributed by atoms with Gasteiger partial charge in [-0.05, 0) is 81.8 Å². The Morgan fingerprint density at radius 3 is 2.05 bits per heavy atom. The summed E-state index contributed by atoms with van der Waals surface area (Å²) >= 11 is 9.45. The first kappa shape index (κ1) is 29.7. The standard InChI is InChI=1S/C28H31BrClN3O4S/c1-19(2)31-28(35)21(4)32(17-22-7-9-23(29)10-8-22)27(34)18-33(25-13-11-24(30)12-14-25)38(36,37)26-15-5-20(3)6-16-26/h5-16,19,21H,17-18H2,1-4H3,(H,31,35). The maximum absolute atomic E-state index is 13.8. The lowest BCUT2D eigenvalue weighted by Gasteiger charge is -2.32. The van der Waals surface area contributed by atoms with E-state index in [-0.39, 0.29) is 29.1 Å². The van der Waals surface area contributed by atoms with Gasteiger partial charge >= 0.3 is 0 Å². The molecule has 0 fully saturated rings. The second-order valence-corrected chi connectivity index (χ2v) is 12.5. The van der Waals surface area contributed by atoms with Gasteiger partial charge in [-0.1, -0.05) is 57.4 Å². The minimum atomic E-state index is -4.12. The second-order valence-electron chi connectivity index (χ2n) is 9.29. The SMILES string of the molecule is Cc1ccc(S(=O)(=O)N(CC(=O)N(Cc2ccc(Br)cc2)C(C)C(=O)NC(C)C)c2ccc(Cl)cc2)cc1. The van der Waals surface area contributed by atoms with E-state index in [0.717, 1.165) is 19.9 Å². The molecule has 0 spiro atoms. The normalized spacial score (nSPS) is 12.2. The van der Waals surface area contributed by atoms with Crippen LogP contribution < -0.4 is 9.62 Å². The molecular weight excluding hydrogens is 590 g/mol. The van der Waals surface area contributed by atoms with Gasteiger partial charge in [0.05, 0.1) is 10.6 Å². The molecule has 0 aliphatic carbocycles. The number of hydrogen-bond acceptors (Lipinski definition) is 4. The molecule has 0 radical (unpaired) electrons. The van der Waals surface area contributed by atoms with E-state index in [1.54, 1.807) is 43.3 Å². The number of nitrogens with zero attached hydrogens (tertiary/aromatic N) is 2. The number of sulfonamides is 1. The van der Waals surface area contributed by atoms with Gasteiger partial charge in [-0.15, -0.1) is 0 Å². The van der Waals surface area contributed by atoms with E-state index < -0.39 is 28.5 Å². The van der Waals surface area contributed by atoms with Gasteiger partial charge in [-0.2, -0.15) is 0 Å². The minimum Gasteiger partial charge on any atom is -0.352 e. The number of hydrogen-bond donors (Lipinski definition) is 1. The zero-order valence-corrected chi connectivity index (χ0v) is 24.8. The van der Waals surface area contributed by atoms with Gasteiger partial charge in [-0.3, -0.25) is 13.9 Å². The maximum atomic E-state index is 13.8. The minimum absolute atomic E-state index is 0.0518. The van der Waals surface area contributed by atoms with Crippen molar-refractivity contribution in [1.82, 2.24) is 10.2 Å². The third kappa shape index (κ3) is 7.58. The Kier molecular flexibility index (Phi) is 9.98. The summed E-state index contributed by atoms with van der Waals surface area (Å²) in [5.41, 5.74) is 1.99. The average molecular weight is 621 g/mol. The highest BCUT2D eigenvalue weighted by molar-refractivity contribution is 9.10. The van der Waals surface area contributed by atoms with Crippen LogP contribution in [0.1, 0.15) is 31.9 Å². The van der Waals surface area contributed by atoms with Crippen LogP contribution in [0.2, 0.25) is 5.02 Å².